The Kier molecular flexibility index (Phi) is 7.83. The van der Waals surface area contributed by atoms with Gasteiger partial charge in [-0.3, -0.25) is 4.90 Å². The molecular formula is C30H38N2O4. The first kappa shape index (κ1) is 24.7. The minimum atomic E-state index is 0.737. The molecule has 36 heavy (non-hydrogen) atoms. The molecule has 1 unspecified atom stereocenters. The quantitative estimate of drug-likeness (QED) is 0.372. The molecule has 0 aromatic heterocycles. The van der Waals surface area contributed by atoms with Crippen LogP contribution in [0.2, 0.25) is 0 Å². The first-order valence-electron chi connectivity index (χ1n) is 13.0. The van der Waals surface area contributed by atoms with Crippen LogP contribution in [-0.2, 0) is 13.0 Å². The van der Waals surface area contributed by atoms with Gasteiger partial charge >= 0.3 is 0 Å². The number of nitrogens with zero attached hydrogens (tertiary/aromatic N) is 2. The van der Waals surface area contributed by atoms with E-state index in [-0.39, 0.29) is 0 Å². The molecule has 2 aliphatic heterocycles. The number of methoxy groups -OCH3 is 3. The second kappa shape index (κ2) is 11.4. The predicted molar refractivity (Wildman–Crippen MR) is 144 cm³/mol. The number of likely N-dealkylation sites (tertiary alicyclic amines) is 1. The smallest absolute Gasteiger partial charge is 0.161 e. The van der Waals surface area contributed by atoms with E-state index in [2.05, 4.69) is 46.2 Å². The van der Waals surface area contributed by atoms with Crippen LogP contribution in [0, 0.1) is 5.92 Å². The summed E-state index contributed by atoms with van der Waals surface area (Å²) in [6.45, 7) is 7.48. The van der Waals surface area contributed by atoms with Crippen molar-refractivity contribution in [2.24, 2.45) is 5.92 Å². The van der Waals surface area contributed by atoms with Crippen LogP contribution in [-0.4, -0.2) is 70.5 Å². The summed E-state index contributed by atoms with van der Waals surface area (Å²) in [5, 5.41) is 2.28. The number of hydrogen-bond acceptors (Lipinski definition) is 6. The Morgan fingerprint density at radius 3 is 2.47 bits per heavy atom. The molecule has 0 radical (unpaired) electrons. The zero-order valence-corrected chi connectivity index (χ0v) is 21.8. The van der Waals surface area contributed by atoms with Crippen molar-refractivity contribution in [1.29, 1.82) is 0 Å². The lowest BCUT2D eigenvalue weighted by Crippen LogP contribution is -2.35. The molecule has 0 spiro atoms. The average molecular weight is 491 g/mol. The summed E-state index contributed by atoms with van der Waals surface area (Å²) in [6, 6.07) is 16.7. The molecule has 3 aromatic rings. The van der Waals surface area contributed by atoms with Gasteiger partial charge in [-0.05, 0) is 84.6 Å². The molecule has 6 nitrogen and oxygen atoms in total. The summed E-state index contributed by atoms with van der Waals surface area (Å²) in [4.78, 5) is 5.22. The zero-order chi connectivity index (χ0) is 24.9. The molecule has 1 atom stereocenters. The molecule has 6 heteroatoms. The number of benzene rings is 3. The maximum Gasteiger partial charge on any atom is 0.161 e. The van der Waals surface area contributed by atoms with Crippen molar-refractivity contribution < 1.29 is 18.9 Å². The third-order valence-electron chi connectivity index (χ3n) is 7.61. The summed E-state index contributed by atoms with van der Waals surface area (Å²) in [5.74, 6) is 4.23. The van der Waals surface area contributed by atoms with Crippen LogP contribution in [0.5, 0.6) is 23.0 Å². The largest absolute Gasteiger partial charge is 0.497 e. The van der Waals surface area contributed by atoms with Gasteiger partial charge in [-0.1, -0.05) is 12.1 Å². The molecule has 5 rings (SSSR count). The van der Waals surface area contributed by atoms with E-state index in [0.29, 0.717) is 0 Å². The van der Waals surface area contributed by atoms with E-state index in [1.165, 1.54) is 37.2 Å². The van der Waals surface area contributed by atoms with Crippen molar-refractivity contribution in [1.82, 2.24) is 9.80 Å². The maximum atomic E-state index is 6.17. The highest BCUT2D eigenvalue weighted by Gasteiger charge is 2.26. The topological polar surface area (TPSA) is 43.4 Å². The second-order valence-electron chi connectivity index (χ2n) is 9.96. The van der Waals surface area contributed by atoms with Gasteiger partial charge in [0.1, 0.15) is 11.5 Å². The molecule has 0 bridgehead atoms. The first-order chi connectivity index (χ1) is 17.7. The molecule has 0 saturated carbocycles. The van der Waals surface area contributed by atoms with Gasteiger partial charge in [-0.25, -0.2) is 0 Å². The lowest BCUT2D eigenvalue weighted by molar-refractivity contribution is 0.206. The van der Waals surface area contributed by atoms with Gasteiger partial charge in [0.15, 0.2) is 11.5 Å². The number of fused-ring (bicyclic) bond motifs is 2. The summed E-state index contributed by atoms with van der Waals surface area (Å²) in [6.07, 6.45) is 3.39. The third-order valence-corrected chi connectivity index (χ3v) is 7.61. The van der Waals surface area contributed by atoms with Crippen molar-refractivity contribution in [2.75, 3.05) is 60.7 Å². The molecule has 0 N–H and O–H groups in total. The molecule has 1 fully saturated rings. The highest BCUT2D eigenvalue weighted by molar-refractivity contribution is 5.89. The second-order valence-corrected chi connectivity index (χ2v) is 9.96. The molecule has 2 heterocycles. The van der Waals surface area contributed by atoms with Crippen molar-refractivity contribution in [2.45, 2.75) is 25.8 Å². The first-order valence-corrected chi connectivity index (χ1v) is 13.0. The Labute approximate surface area is 214 Å². The van der Waals surface area contributed by atoms with E-state index in [9.17, 15) is 0 Å². The maximum absolute atomic E-state index is 6.17. The van der Waals surface area contributed by atoms with Crippen LogP contribution in [0.3, 0.4) is 0 Å². The molecule has 1 saturated heterocycles. The third kappa shape index (κ3) is 5.55. The van der Waals surface area contributed by atoms with Gasteiger partial charge in [0.25, 0.3) is 0 Å². The highest BCUT2D eigenvalue weighted by atomic mass is 16.5. The van der Waals surface area contributed by atoms with Gasteiger partial charge < -0.3 is 23.8 Å². The van der Waals surface area contributed by atoms with Crippen molar-refractivity contribution in [3.63, 3.8) is 0 Å². The summed E-state index contributed by atoms with van der Waals surface area (Å²) in [5.41, 5.74) is 2.76. The normalized spacial score (nSPS) is 18.2. The monoisotopic (exact) mass is 490 g/mol. The predicted octanol–water partition coefficient (Wildman–Crippen LogP) is 5.01. The molecule has 0 aliphatic carbocycles. The van der Waals surface area contributed by atoms with Gasteiger partial charge in [-0.15, -0.1) is 0 Å². The van der Waals surface area contributed by atoms with Gasteiger partial charge in [-0.2, -0.15) is 0 Å². The Balaban J connectivity index is 1.07. The van der Waals surface area contributed by atoms with E-state index in [0.717, 1.165) is 78.8 Å². The van der Waals surface area contributed by atoms with Crippen molar-refractivity contribution >= 4 is 10.8 Å². The van der Waals surface area contributed by atoms with Gasteiger partial charge in [0.05, 0.1) is 27.9 Å². The number of hydrogen-bond donors (Lipinski definition) is 0. The van der Waals surface area contributed by atoms with Gasteiger partial charge in [0.2, 0.25) is 0 Å². The van der Waals surface area contributed by atoms with Crippen LogP contribution < -0.4 is 18.9 Å². The molecule has 3 aromatic carbocycles. The minimum absolute atomic E-state index is 0.737. The fourth-order valence-electron chi connectivity index (χ4n) is 5.68. The molecule has 2 aliphatic rings. The Bertz CT molecular complexity index is 1180. The fourth-order valence-corrected chi connectivity index (χ4v) is 5.68. The zero-order valence-electron chi connectivity index (χ0n) is 21.8. The van der Waals surface area contributed by atoms with Gasteiger partial charge in [0, 0.05) is 38.1 Å². The van der Waals surface area contributed by atoms with E-state index in [1.807, 2.05) is 12.1 Å². The lowest BCUT2D eigenvalue weighted by atomic mass is 9.97. The molecule has 0 amide bonds. The summed E-state index contributed by atoms with van der Waals surface area (Å²) in [7, 11) is 5.12. The van der Waals surface area contributed by atoms with Crippen LogP contribution >= 0.6 is 0 Å². The molecular weight excluding hydrogens is 452 g/mol. The fraction of sp³-hybridized carbons (Fsp3) is 0.467. The average Bonchev–Trinajstić information content (AvgIpc) is 3.36. The summed E-state index contributed by atoms with van der Waals surface area (Å²) >= 11 is 0. The Hall–Kier alpha value is -2.96. The number of rotatable bonds is 10. The van der Waals surface area contributed by atoms with E-state index in [1.54, 1.807) is 21.3 Å². The Morgan fingerprint density at radius 1 is 0.833 bits per heavy atom. The van der Waals surface area contributed by atoms with Crippen molar-refractivity contribution in [3.05, 3.63) is 59.7 Å². The Morgan fingerprint density at radius 2 is 1.67 bits per heavy atom. The van der Waals surface area contributed by atoms with Crippen molar-refractivity contribution in [3.8, 4) is 23.0 Å². The van der Waals surface area contributed by atoms with Crippen LogP contribution in [0.4, 0.5) is 0 Å². The minimum Gasteiger partial charge on any atom is -0.497 e. The highest BCUT2D eigenvalue weighted by Crippen LogP contribution is 2.34. The van der Waals surface area contributed by atoms with Crippen LogP contribution in [0.15, 0.2) is 48.5 Å². The standard InChI is InChI=1S/C30H38N2O4/c1-33-26-8-9-27-24(16-26)6-4-7-28(27)36-15-5-12-31-13-10-22(19-31)20-32-14-11-23-17-29(34-2)30(35-3)18-25(23)21-32/h4,6-9,16-18,22H,5,10-15,19-21H2,1-3H3. The van der Waals surface area contributed by atoms with E-state index < -0.39 is 0 Å². The van der Waals surface area contributed by atoms with Crippen LogP contribution in [0.1, 0.15) is 24.0 Å². The summed E-state index contributed by atoms with van der Waals surface area (Å²) < 4.78 is 22.5. The SMILES string of the molecule is COc1ccc2c(OCCCN3CCC(CN4CCc5cc(OC)c(OC)cc5C4)C3)cccc2c1. The number of ether oxygens (including phenoxy) is 4. The molecule has 192 valence electrons. The van der Waals surface area contributed by atoms with Crippen LogP contribution in [0.25, 0.3) is 10.8 Å². The van der Waals surface area contributed by atoms with E-state index >= 15 is 0 Å². The lowest BCUT2D eigenvalue weighted by Gasteiger charge is -2.31. The van der Waals surface area contributed by atoms with E-state index in [4.69, 9.17) is 18.9 Å².